The molecule has 0 saturated carbocycles. The number of anilines is 1. The minimum atomic E-state index is -0.658. The van der Waals surface area contributed by atoms with Crippen molar-refractivity contribution in [3.05, 3.63) is 63.1 Å². The first-order valence-electron chi connectivity index (χ1n) is 5.85. The van der Waals surface area contributed by atoms with Crippen molar-refractivity contribution in [2.75, 3.05) is 5.32 Å². The zero-order valence-electron chi connectivity index (χ0n) is 10.6. The van der Waals surface area contributed by atoms with E-state index < -0.39 is 17.5 Å². The van der Waals surface area contributed by atoms with Gasteiger partial charge in [0.15, 0.2) is 0 Å². The molecule has 21 heavy (non-hydrogen) atoms. The van der Waals surface area contributed by atoms with E-state index >= 15 is 0 Å². The fraction of sp³-hybridized carbons (Fsp3) is 0.0714. The van der Waals surface area contributed by atoms with Crippen molar-refractivity contribution in [3.63, 3.8) is 0 Å². The number of rotatable bonds is 4. The third kappa shape index (κ3) is 3.62. The average molecular weight is 331 g/mol. The fourth-order valence-corrected chi connectivity index (χ4v) is 2.35. The summed E-state index contributed by atoms with van der Waals surface area (Å²) < 4.78 is 26.8. The summed E-state index contributed by atoms with van der Waals surface area (Å²) in [5.41, 5.74) is 5.82. The van der Waals surface area contributed by atoms with E-state index in [1.165, 1.54) is 12.1 Å². The topological polar surface area (TPSA) is 55.1 Å². The van der Waals surface area contributed by atoms with Gasteiger partial charge in [0, 0.05) is 17.7 Å². The van der Waals surface area contributed by atoms with E-state index in [0.717, 1.165) is 18.2 Å². The first kappa shape index (κ1) is 15.5. The molecule has 0 aliphatic carbocycles. The Kier molecular flexibility index (Phi) is 4.65. The summed E-state index contributed by atoms with van der Waals surface area (Å²) >= 11 is 11.7. The van der Waals surface area contributed by atoms with Gasteiger partial charge in [0.25, 0.3) is 0 Å². The first-order chi connectivity index (χ1) is 9.88. The second-order valence-corrected chi connectivity index (χ2v) is 5.08. The molecule has 110 valence electrons. The van der Waals surface area contributed by atoms with Crippen molar-refractivity contribution in [3.8, 4) is 0 Å². The largest absolute Gasteiger partial charge is 0.378 e. The van der Waals surface area contributed by atoms with Crippen molar-refractivity contribution >= 4 is 34.8 Å². The van der Waals surface area contributed by atoms with Gasteiger partial charge in [0.1, 0.15) is 11.6 Å². The van der Waals surface area contributed by atoms with Crippen molar-refractivity contribution in [2.24, 2.45) is 5.73 Å². The Labute approximate surface area is 129 Å². The summed E-state index contributed by atoms with van der Waals surface area (Å²) in [4.78, 5) is 11.1. The molecule has 0 radical (unpaired) electrons. The summed E-state index contributed by atoms with van der Waals surface area (Å²) in [5, 5.41) is 2.96. The molecule has 0 heterocycles. The van der Waals surface area contributed by atoms with Gasteiger partial charge < -0.3 is 11.1 Å². The molecule has 0 bridgehead atoms. The van der Waals surface area contributed by atoms with Gasteiger partial charge >= 0.3 is 0 Å². The van der Waals surface area contributed by atoms with Crippen molar-refractivity contribution < 1.29 is 13.6 Å². The lowest BCUT2D eigenvalue weighted by molar-refractivity contribution is 0.1000. The van der Waals surface area contributed by atoms with Crippen molar-refractivity contribution in [1.29, 1.82) is 0 Å². The molecule has 0 atom stereocenters. The Morgan fingerprint density at radius 2 is 1.76 bits per heavy atom. The van der Waals surface area contributed by atoms with Gasteiger partial charge in [-0.15, -0.1) is 0 Å². The van der Waals surface area contributed by atoms with E-state index in [1.807, 2.05) is 0 Å². The van der Waals surface area contributed by atoms with Crippen LogP contribution in [0.15, 0.2) is 30.3 Å². The standard InChI is InChI=1S/C14H10Cl2F2N2O/c15-10-4-9(17)5-11(16)13(10)20-6-8-3-7(14(19)21)1-2-12(8)18/h1-5,20H,6H2,(H2,19,21). The SMILES string of the molecule is NC(=O)c1ccc(F)c(CNc2c(Cl)cc(F)cc2Cl)c1. The van der Waals surface area contributed by atoms with Crippen LogP contribution in [-0.4, -0.2) is 5.91 Å². The van der Waals surface area contributed by atoms with Crippen LogP contribution < -0.4 is 11.1 Å². The van der Waals surface area contributed by atoms with E-state index in [-0.39, 0.29) is 33.4 Å². The minimum Gasteiger partial charge on any atom is -0.378 e. The minimum absolute atomic E-state index is 0.0119. The molecule has 0 aliphatic heterocycles. The number of nitrogens with one attached hydrogen (secondary N) is 1. The Morgan fingerprint density at radius 3 is 2.33 bits per heavy atom. The Balaban J connectivity index is 2.24. The van der Waals surface area contributed by atoms with Gasteiger partial charge in [0.2, 0.25) is 5.91 Å². The number of carbonyl (C=O) groups is 1. The molecular weight excluding hydrogens is 321 g/mol. The molecule has 0 spiro atoms. The first-order valence-corrected chi connectivity index (χ1v) is 6.60. The summed E-state index contributed by atoms with van der Waals surface area (Å²) in [6.07, 6.45) is 0. The molecule has 0 fully saturated rings. The molecule has 1 amide bonds. The second kappa shape index (κ2) is 6.28. The number of hydrogen-bond acceptors (Lipinski definition) is 2. The lowest BCUT2D eigenvalue weighted by atomic mass is 10.1. The normalized spacial score (nSPS) is 10.5. The highest BCUT2D eigenvalue weighted by atomic mass is 35.5. The zero-order valence-corrected chi connectivity index (χ0v) is 12.1. The summed E-state index contributed by atoms with van der Waals surface area (Å²) in [6.45, 7) is 0.0119. The third-order valence-electron chi connectivity index (χ3n) is 2.79. The molecule has 3 nitrogen and oxygen atoms in total. The number of halogens is 4. The maximum atomic E-state index is 13.7. The van der Waals surface area contributed by atoms with Crippen LogP contribution in [0.25, 0.3) is 0 Å². The van der Waals surface area contributed by atoms with Gasteiger partial charge in [0.05, 0.1) is 15.7 Å². The Morgan fingerprint density at radius 1 is 1.14 bits per heavy atom. The molecule has 2 aromatic carbocycles. The lowest BCUT2D eigenvalue weighted by Crippen LogP contribution is -2.12. The van der Waals surface area contributed by atoms with Gasteiger partial charge in [-0.1, -0.05) is 23.2 Å². The van der Waals surface area contributed by atoms with Gasteiger partial charge in [-0.05, 0) is 30.3 Å². The summed E-state index contributed by atoms with van der Waals surface area (Å²) in [6, 6.07) is 5.94. The van der Waals surface area contributed by atoms with Crippen LogP contribution >= 0.6 is 23.2 Å². The predicted octanol–water partition coefficient (Wildman–Crippen LogP) is 3.98. The van der Waals surface area contributed by atoms with Crippen molar-refractivity contribution in [2.45, 2.75) is 6.54 Å². The van der Waals surface area contributed by atoms with Gasteiger partial charge in [-0.3, -0.25) is 4.79 Å². The maximum absolute atomic E-state index is 13.7. The molecule has 0 unspecified atom stereocenters. The van der Waals surface area contributed by atoms with E-state index in [2.05, 4.69) is 5.32 Å². The molecule has 0 saturated heterocycles. The maximum Gasteiger partial charge on any atom is 0.248 e. The molecule has 7 heteroatoms. The molecular formula is C14H10Cl2F2N2O. The smallest absolute Gasteiger partial charge is 0.248 e. The monoisotopic (exact) mass is 330 g/mol. The number of hydrogen-bond donors (Lipinski definition) is 2. The van der Waals surface area contributed by atoms with Crippen LogP contribution in [-0.2, 0) is 6.54 Å². The molecule has 2 rings (SSSR count). The van der Waals surface area contributed by atoms with E-state index in [4.69, 9.17) is 28.9 Å². The molecule has 2 aromatic rings. The van der Waals surface area contributed by atoms with Crippen LogP contribution in [0.2, 0.25) is 10.0 Å². The number of nitrogens with two attached hydrogens (primary N) is 1. The number of amides is 1. The summed E-state index contributed by atoms with van der Waals surface area (Å²) in [5.74, 6) is -1.74. The summed E-state index contributed by atoms with van der Waals surface area (Å²) in [7, 11) is 0. The zero-order chi connectivity index (χ0) is 15.6. The van der Waals surface area contributed by atoms with Crippen molar-refractivity contribution in [1.82, 2.24) is 0 Å². The van der Waals surface area contributed by atoms with Gasteiger partial charge in [-0.2, -0.15) is 0 Å². The Bertz CT molecular complexity index is 684. The number of benzene rings is 2. The lowest BCUT2D eigenvalue weighted by Gasteiger charge is -2.12. The Hall–Kier alpha value is -1.85. The predicted molar refractivity (Wildman–Crippen MR) is 78.7 cm³/mol. The van der Waals surface area contributed by atoms with Gasteiger partial charge in [-0.25, -0.2) is 8.78 Å². The number of carbonyl (C=O) groups excluding carboxylic acids is 1. The molecule has 0 aliphatic rings. The molecule has 0 aromatic heterocycles. The van der Waals surface area contributed by atoms with E-state index in [1.54, 1.807) is 0 Å². The fourth-order valence-electron chi connectivity index (χ4n) is 1.76. The highest BCUT2D eigenvalue weighted by molar-refractivity contribution is 6.39. The van der Waals surface area contributed by atoms with Crippen LogP contribution in [0.1, 0.15) is 15.9 Å². The van der Waals surface area contributed by atoms with E-state index in [9.17, 15) is 13.6 Å². The highest BCUT2D eigenvalue weighted by Gasteiger charge is 2.11. The average Bonchev–Trinajstić information content (AvgIpc) is 2.39. The van der Waals surface area contributed by atoms with Crippen LogP contribution in [0.4, 0.5) is 14.5 Å². The van der Waals surface area contributed by atoms with Crippen LogP contribution in [0.3, 0.4) is 0 Å². The van der Waals surface area contributed by atoms with Crippen LogP contribution in [0, 0.1) is 11.6 Å². The highest BCUT2D eigenvalue weighted by Crippen LogP contribution is 2.31. The quantitative estimate of drug-likeness (QED) is 0.890. The third-order valence-corrected chi connectivity index (χ3v) is 3.39. The van der Waals surface area contributed by atoms with E-state index in [0.29, 0.717) is 0 Å². The number of primary amides is 1. The van der Waals surface area contributed by atoms with Crippen LogP contribution in [0.5, 0.6) is 0 Å². The molecule has 3 N–H and O–H groups in total. The second-order valence-electron chi connectivity index (χ2n) is 4.27.